The van der Waals surface area contributed by atoms with E-state index in [9.17, 15) is 0 Å². The largest absolute Gasteiger partial charge is 0.311 e. The molecule has 0 aromatic carbocycles. The predicted molar refractivity (Wildman–Crippen MR) is 72.2 cm³/mol. The maximum absolute atomic E-state index is 3.99. The van der Waals surface area contributed by atoms with Crippen molar-refractivity contribution in [2.75, 3.05) is 7.05 Å². The van der Waals surface area contributed by atoms with Crippen molar-refractivity contribution in [1.29, 1.82) is 0 Å². The van der Waals surface area contributed by atoms with E-state index in [4.69, 9.17) is 0 Å². The first-order valence-electron chi connectivity index (χ1n) is 7.72. The molecule has 3 rings (SSSR count). The molecule has 0 radical (unpaired) electrons. The maximum Gasteiger partial charge on any atom is 0.0110 e. The molecule has 2 aliphatic heterocycles. The molecule has 2 nitrogen and oxygen atoms in total. The zero-order chi connectivity index (χ0) is 11.8. The fourth-order valence-electron chi connectivity index (χ4n) is 4.45. The van der Waals surface area contributed by atoms with Crippen molar-refractivity contribution in [2.45, 2.75) is 82.5 Å². The second-order valence-electron chi connectivity index (χ2n) is 6.75. The number of rotatable bonds is 2. The summed E-state index contributed by atoms with van der Waals surface area (Å²) in [5, 5.41) is 3.99. The molecule has 0 aromatic heterocycles. The van der Waals surface area contributed by atoms with Gasteiger partial charge in [0.05, 0.1) is 0 Å². The van der Waals surface area contributed by atoms with Crippen molar-refractivity contribution in [3.63, 3.8) is 0 Å². The van der Waals surface area contributed by atoms with Crippen LogP contribution in [0, 0.1) is 5.92 Å². The summed E-state index contributed by atoms with van der Waals surface area (Å²) in [6.07, 6.45) is 11.4. The Kier molecular flexibility index (Phi) is 3.45. The van der Waals surface area contributed by atoms with Crippen LogP contribution in [-0.2, 0) is 0 Å². The van der Waals surface area contributed by atoms with E-state index >= 15 is 0 Å². The molecule has 2 heteroatoms. The van der Waals surface area contributed by atoms with Crippen molar-refractivity contribution in [3.8, 4) is 0 Å². The van der Waals surface area contributed by atoms with Gasteiger partial charge in [0.25, 0.3) is 0 Å². The van der Waals surface area contributed by atoms with Gasteiger partial charge in [-0.3, -0.25) is 0 Å². The fraction of sp³-hybridized carbons (Fsp3) is 1.00. The predicted octanol–water partition coefficient (Wildman–Crippen LogP) is 2.78. The monoisotopic (exact) mass is 236 g/mol. The first-order chi connectivity index (χ1) is 8.24. The number of fused-ring (bicyclic) bond motifs is 2. The summed E-state index contributed by atoms with van der Waals surface area (Å²) in [5.41, 5.74) is 0. The SMILES string of the molecule is CC1CCCC1NC1CC2CCCC(C1)N2C. The molecule has 98 valence electrons. The van der Waals surface area contributed by atoms with E-state index in [0.29, 0.717) is 0 Å². The fourth-order valence-corrected chi connectivity index (χ4v) is 4.45. The van der Waals surface area contributed by atoms with Crippen LogP contribution in [0.2, 0.25) is 0 Å². The van der Waals surface area contributed by atoms with Gasteiger partial charge in [-0.05, 0) is 51.5 Å². The Labute approximate surface area is 106 Å². The Morgan fingerprint density at radius 2 is 1.59 bits per heavy atom. The second kappa shape index (κ2) is 4.89. The molecule has 0 spiro atoms. The van der Waals surface area contributed by atoms with Gasteiger partial charge in [0.1, 0.15) is 0 Å². The molecule has 2 saturated heterocycles. The maximum atomic E-state index is 3.99. The Bertz CT molecular complexity index is 252. The van der Waals surface area contributed by atoms with Crippen molar-refractivity contribution in [3.05, 3.63) is 0 Å². The molecule has 17 heavy (non-hydrogen) atoms. The quantitative estimate of drug-likeness (QED) is 0.793. The lowest BCUT2D eigenvalue weighted by atomic mass is 9.82. The Balaban J connectivity index is 1.58. The summed E-state index contributed by atoms with van der Waals surface area (Å²) in [4.78, 5) is 2.67. The highest BCUT2D eigenvalue weighted by Gasteiger charge is 2.37. The minimum absolute atomic E-state index is 0.812. The Morgan fingerprint density at radius 1 is 0.941 bits per heavy atom. The average molecular weight is 236 g/mol. The molecule has 3 aliphatic rings. The summed E-state index contributed by atoms with van der Waals surface area (Å²) in [6, 6.07) is 3.38. The van der Waals surface area contributed by atoms with Crippen molar-refractivity contribution in [2.24, 2.45) is 5.92 Å². The third kappa shape index (κ3) is 2.39. The molecule has 2 heterocycles. The van der Waals surface area contributed by atoms with Crippen LogP contribution in [0.25, 0.3) is 0 Å². The molecule has 4 unspecified atom stereocenters. The number of hydrogen-bond acceptors (Lipinski definition) is 2. The smallest absolute Gasteiger partial charge is 0.0110 e. The van der Waals surface area contributed by atoms with Crippen LogP contribution in [0.4, 0.5) is 0 Å². The van der Waals surface area contributed by atoms with Crippen LogP contribution in [-0.4, -0.2) is 36.1 Å². The summed E-state index contributed by atoms with van der Waals surface area (Å²) in [7, 11) is 2.35. The van der Waals surface area contributed by atoms with Gasteiger partial charge in [-0.1, -0.05) is 19.8 Å². The Morgan fingerprint density at radius 3 is 2.18 bits per heavy atom. The highest BCUT2D eigenvalue weighted by molar-refractivity contribution is 4.95. The lowest BCUT2D eigenvalue weighted by Gasteiger charge is -2.48. The van der Waals surface area contributed by atoms with Gasteiger partial charge in [-0.25, -0.2) is 0 Å². The third-order valence-corrected chi connectivity index (χ3v) is 5.65. The minimum atomic E-state index is 0.812. The highest BCUT2D eigenvalue weighted by Crippen LogP contribution is 2.34. The normalized spacial score (nSPS) is 47.3. The van der Waals surface area contributed by atoms with Crippen LogP contribution >= 0.6 is 0 Å². The van der Waals surface area contributed by atoms with Crippen LogP contribution in [0.3, 0.4) is 0 Å². The molecule has 0 aromatic rings. The van der Waals surface area contributed by atoms with Gasteiger partial charge >= 0.3 is 0 Å². The second-order valence-corrected chi connectivity index (χ2v) is 6.75. The van der Waals surface area contributed by atoms with E-state index in [1.165, 1.54) is 51.4 Å². The van der Waals surface area contributed by atoms with E-state index in [1.54, 1.807) is 0 Å². The van der Waals surface area contributed by atoms with Crippen LogP contribution in [0.15, 0.2) is 0 Å². The first kappa shape index (κ1) is 12.0. The van der Waals surface area contributed by atoms with Crippen molar-refractivity contribution < 1.29 is 0 Å². The topological polar surface area (TPSA) is 15.3 Å². The highest BCUT2D eigenvalue weighted by atomic mass is 15.2. The first-order valence-corrected chi connectivity index (χ1v) is 7.72. The standard InChI is InChI=1S/C15H28N2/c1-11-5-3-8-15(11)16-12-9-13-6-4-7-14(10-12)17(13)2/h11-16H,3-10H2,1-2H3. The summed E-state index contributed by atoms with van der Waals surface area (Å²) in [5.74, 6) is 0.912. The van der Waals surface area contributed by atoms with Gasteiger partial charge in [0, 0.05) is 24.2 Å². The van der Waals surface area contributed by atoms with Gasteiger partial charge in [0.2, 0.25) is 0 Å². The van der Waals surface area contributed by atoms with E-state index in [0.717, 1.165) is 30.1 Å². The lowest BCUT2D eigenvalue weighted by molar-refractivity contribution is 0.0447. The van der Waals surface area contributed by atoms with Gasteiger partial charge in [-0.15, -0.1) is 0 Å². The van der Waals surface area contributed by atoms with E-state index in [2.05, 4.69) is 24.2 Å². The molecular formula is C15H28N2. The third-order valence-electron chi connectivity index (χ3n) is 5.65. The molecule has 0 amide bonds. The van der Waals surface area contributed by atoms with Gasteiger partial charge in [-0.2, -0.15) is 0 Å². The number of hydrogen-bond donors (Lipinski definition) is 1. The van der Waals surface area contributed by atoms with Gasteiger partial charge in [0.15, 0.2) is 0 Å². The molecule has 1 saturated carbocycles. The van der Waals surface area contributed by atoms with Crippen molar-refractivity contribution >= 4 is 0 Å². The lowest BCUT2D eigenvalue weighted by Crippen LogP contribution is -2.56. The van der Waals surface area contributed by atoms with Crippen molar-refractivity contribution in [1.82, 2.24) is 10.2 Å². The minimum Gasteiger partial charge on any atom is -0.311 e. The summed E-state index contributed by atoms with van der Waals surface area (Å²) < 4.78 is 0. The molecule has 3 fully saturated rings. The van der Waals surface area contributed by atoms with E-state index in [-0.39, 0.29) is 0 Å². The van der Waals surface area contributed by atoms with Crippen LogP contribution < -0.4 is 5.32 Å². The van der Waals surface area contributed by atoms with E-state index < -0.39 is 0 Å². The van der Waals surface area contributed by atoms with Crippen LogP contribution in [0.1, 0.15) is 58.3 Å². The number of nitrogens with zero attached hydrogens (tertiary/aromatic N) is 1. The van der Waals surface area contributed by atoms with Crippen LogP contribution in [0.5, 0.6) is 0 Å². The average Bonchev–Trinajstić information content (AvgIpc) is 2.66. The molecule has 2 bridgehead atoms. The number of nitrogens with one attached hydrogen (secondary N) is 1. The Hall–Kier alpha value is -0.0800. The molecule has 4 atom stereocenters. The zero-order valence-corrected chi connectivity index (χ0v) is 11.5. The zero-order valence-electron chi connectivity index (χ0n) is 11.5. The number of piperidine rings is 2. The summed E-state index contributed by atoms with van der Waals surface area (Å²) in [6.45, 7) is 2.43. The molecule has 1 aliphatic carbocycles. The summed E-state index contributed by atoms with van der Waals surface area (Å²) >= 11 is 0. The molecule has 1 N–H and O–H groups in total. The van der Waals surface area contributed by atoms with Gasteiger partial charge < -0.3 is 10.2 Å². The molecular weight excluding hydrogens is 208 g/mol. The van der Waals surface area contributed by atoms with E-state index in [1.807, 2.05) is 0 Å².